The van der Waals surface area contributed by atoms with Gasteiger partial charge in [0.1, 0.15) is 5.82 Å². The Morgan fingerprint density at radius 1 is 1.26 bits per heavy atom. The van der Waals surface area contributed by atoms with E-state index in [2.05, 4.69) is 33.4 Å². The average Bonchev–Trinajstić information content (AvgIpc) is 3.21. The van der Waals surface area contributed by atoms with E-state index in [0.29, 0.717) is 18.9 Å². The number of aliphatic carboxylic acids is 1. The first-order valence-corrected chi connectivity index (χ1v) is 8.58. The van der Waals surface area contributed by atoms with Gasteiger partial charge in [0.2, 0.25) is 0 Å². The zero-order valence-electron chi connectivity index (χ0n) is 13.0. The van der Waals surface area contributed by atoms with E-state index in [-0.39, 0.29) is 12.0 Å². The van der Waals surface area contributed by atoms with Gasteiger partial charge in [-0.05, 0) is 30.7 Å². The third kappa shape index (κ3) is 1.86. The number of carboxylic acids is 1. The second-order valence-corrected chi connectivity index (χ2v) is 7.15. The molecule has 5 heteroatoms. The minimum atomic E-state index is -0.692. The first kappa shape index (κ1) is 13.4. The molecule has 2 aromatic rings. The Labute approximate surface area is 134 Å². The van der Waals surface area contributed by atoms with Crippen LogP contribution < -0.4 is 10.2 Å². The molecule has 0 amide bonds. The van der Waals surface area contributed by atoms with Crippen molar-refractivity contribution in [3.05, 3.63) is 29.3 Å². The van der Waals surface area contributed by atoms with E-state index < -0.39 is 5.97 Å². The van der Waals surface area contributed by atoms with E-state index in [1.54, 1.807) is 0 Å². The van der Waals surface area contributed by atoms with E-state index >= 15 is 0 Å². The van der Waals surface area contributed by atoms with Crippen LogP contribution in [0.2, 0.25) is 0 Å². The molecule has 4 aliphatic heterocycles. The van der Waals surface area contributed by atoms with Crippen LogP contribution in [0.5, 0.6) is 0 Å². The van der Waals surface area contributed by atoms with Gasteiger partial charge < -0.3 is 20.3 Å². The van der Waals surface area contributed by atoms with E-state index in [0.717, 1.165) is 13.1 Å². The van der Waals surface area contributed by atoms with Crippen molar-refractivity contribution in [2.24, 2.45) is 5.92 Å². The normalized spacial score (nSPS) is 26.9. The molecule has 0 radical (unpaired) electrons. The lowest BCUT2D eigenvalue weighted by molar-refractivity contribution is -0.141. The summed E-state index contributed by atoms with van der Waals surface area (Å²) in [6, 6.07) is 6.62. The number of nitrogens with zero attached hydrogens (tertiary/aromatic N) is 1. The van der Waals surface area contributed by atoms with Gasteiger partial charge in [-0.1, -0.05) is 18.2 Å². The quantitative estimate of drug-likeness (QED) is 0.797. The summed E-state index contributed by atoms with van der Waals surface area (Å²) in [6.07, 6.45) is 3.19. The highest BCUT2D eigenvalue weighted by Crippen LogP contribution is 2.47. The Morgan fingerprint density at radius 3 is 2.83 bits per heavy atom. The number of anilines is 1. The van der Waals surface area contributed by atoms with Crippen LogP contribution in [-0.4, -0.2) is 35.7 Å². The molecule has 1 aromatic heterocycles. The molecule has 120 valence electrons. The zero-order valence-corrected chi connectivity index (χ0v) is 13.0. The first-order valence-electron chi connectivity index (χ1n) is 8.58. The number of nitrogens with one attached hydrogen (secondary N) is 2. The molecule has 6 rings (SSSR count). The number of hydrogen-bond acceptors (Lipinski definition) is 3. The lowest BCUT2D eigenvalue weighted by Crippen LogP contribution is -2.38. The molecule has 2 bridgehead atoms. The van der Waals surface area contributed by atoms with Crippen LogP contribution in [0.25, 0.3) is 10.9 Å². The fourth-order valence-corrected chi connectivity index (χ4v) is 4.75. The van der Waals surface area contributed by atoms with Crippen LogP contribution in [0.4, 0.5) is 5.82 Å². The zero-order chi connectivity index (χ0) is 15.6. The average molecular weight is 311 g/mol. The SMILES string of the molecule is O=C(O)C1CNC(c2cccc3c4c([nH]c23)N2CCC4CC2)C1. The van der Waals surface area contributed by atoms with E-state index in [9.17, 15) is 9.90 Å². The number of fused-ring (bicyclic) bond motifs is 3. The maximum Gasteiger partial charge on any atom is 0.307 e. The van der Waals surface area contributed by atoms with Gasteiger partial charge in [-0.25, -0.2) is 0 Å². The number of carboxylic acid groups (broad SMARTS) is 1. The maximum atomic E-state index is 11.2. The summed E-state index contributed by atoms with van der Waals surface area (Å²) < 4.78 is 0. The predicted molar refractivity (Wildman–Crippen MR) is 89.0 cm³/mol. The first-order chi connectivity index (χ1) is 11.2. The Hall–Kier alpha value is -2.01. The highest BCUT2D eigenvalue weighted by molar-refractivity contribution is 5.93. The van der Waals surface area contributed by atoms with Gasteiger partial charge in [0.15, 0.2) is 0 Å². The van der Waals surface area contributed by atoms with Crippen molar-refractivity contribution in [3.8, 4) is 0 Å². The van der Waals surface area contributed by atoms with Crippen molar-refractivity contribution in [3.63, 3.8) is 0 Å². The van der Waals surface area contributed by atoms with E-state index in [1.807, 2.05) is 0 Å². The lowest BCUT2D eigenvalue weighted by atomic mass is 9.84. The van der Waals surface area contributed by atoms with Crippen LogP contribution in [0.1, 0.15) is 42.3 Å². The van der Waals surface area contributed by atoms with Crippen LogP contribution in [0.15, 0.2) is 18.2 Å². The molecule has 5 nitrogen and oxygen atoms in total. The Kier molecular flexibility index (Phi) is 2.77. The van der Waals surface area contributed by atoms with Crippen molar-refractivity contribution in [1.82, 2.24) is 10.3 Å². The summed E-state index contributed by atoms with van der Waals surface area (Å²) in [4.78, 5) is 17.4. The van der Waals surface area contributed by atoms with Crippen molar-refractivity contribution in [1.29, 1.82) is 0 Å². The number of piperidine rings is 1. The minimum absolute atomic E-state index is 0.132. The number of rotatable bonds is 2. The number of benzene rings is 1. The Bertz CT molecular complexity index is 789. The molecule has 2 saturated heterocycles. The standard InChI is InChI=1S/C18H21N3O2/c22-18(23)11-8-14(19-9-11)12-2-1-3-13-15-10-4-6-21(7-5-10)17(15)20-16(12)13/h1-3,10-11,14,19-20H,4-9H2,(H,22,23). The third-order valence-corrected chi connectivity index (χ3v) is 5.96. The molecule has 2 unspecified atom stereocenters. The Balaban J connectivity index is 1.61. The number of aromatic nitrogens is 1. The largest absolute Gasteiger partial charge is 0.481 e. The molecule has 1 aromatic carbocycles. The van der Waals surface area contributed by atoms with Gasteiger partial charge >= 0.3 is 5.97 Å². The molecule has 2 fully saturated rings. The number of hydrogen-bond donors (Lipinski definition) is 3. The highest BCUT2D eigenvalue weighted by atomic mass is 16.4. The fraction of sp³-hybridized carbons (Fsp3) is 0.500. The molecule has 0 saturated carbocycles. The van der Waals surface area contributed by atoms with Gasteiger partial charge in [0.25, 0.3) is 0 Å². The number of H-pyrrole nitrogens is 1. The van der Waals surface area contributed by atoms with Crippen molar-refractivity contribution >= 4 is 22.7 Å². The molecule has 3 N–H and O–H groups in total. The molecular weight excluding hydrogens is 290 g/mol. The number of aromatic amines is 1. The van der Waals surface area contributed by atoms with E-state index in [1.165, 1.54) is 40.7 Å². The molecular formula is C18H21N3O2. The minimum Gasteiger partial charge on any atom is -0.481 e. The summed E-state index contributed by atoms with van der Waals surface area (Å²) in [5.41, 5.74) is 3.92. The van der Waals surface area contributed by atoms with Crippen molar-refractivity contribution < 1.29 is 9.90 Å². The topological polar surface area (TPSA) is 68.4 Å². The number of carbonyl (C=O) groups is 1. The van der Waals surface area contributed by atoms with Gasteiger partial charge in [-0.15, -0.1) is 0 Å². The van der Waals surface area contributed by atoms with Gasteiger partial charge in [-0.3, -0.25) is 4.79 Å². The third-order valence-electron chi connectivity index (χ3n) is 5.96. The van der Waals surface area contributed by atoms with Crippen LogP contribution in [0.3, 0.4) is 0 Å². The van der Waals surface area contributed by atoms with Crippen molar-refractivity contribution in [2.45, 2.75) is 31.2 Å². The molecule has 0 aliphatic carbocycles. The smallest absolute Gasteiger partial charge is 0.307 e. The molecule has 4 aliphatic rings. The van der Waals surface area contributed by atoms with Gasteiger partial charge in [0, 0.05) is 36.6 Å². The van der Waals surface area contributed by atoms with Crippen molar-refractivity contribution in [2.75, 3.05) is 24.5 Å². The van der Waals surface area contributed by atoms with E-state index in [4.69, 9.17) is 0 Å². The maximum absolute atomic E-state index is 11.2. The van der Waals surface area contributed by atoms with Crippen LogP contribution in [0, 0.1) is 5.92 Å². The second kappa shape index (κ2) is 4.74. The second-order valence-electron chi connectivity index (χ2n) is 7.15. The summed E-state index contributed by atoms with van der Waals surface area (Å²) in [7, 11) is 0. The van der Waals surface area contributed by atoms with Gasteiger partial charge in [0.05, 0.1) is 11.4 Å². The molecule has 2 atom stereocenters. The summed E-state index contributed by atoms with van der Waals surface area (Å²) in [5, 5.41) is 14.0. The summed E-state index contributed by atoms with van der Waals surface area (Å²) in [6.45, 7) is 2.87. The highest BCUT2D eigenvalue weighted by Gasteiger charge is 2.36. The predicted octanol–water partition coefficient (Wildman–Crippen LogP) is 2.60. The molecule has 5 heterocycles. The monoisotopic (exact) mass is 311 g/mol. The van der Waals surface area contributed by atoms with Crippen LogP contribution >= 0.6 is 0 Å². The Morgan fingerprint density at radius 2 is 2.09 bits per heavy atom. The summed E-state index contributed by atoms with van der Waals surface area (Å²) >= 11 is 0. The van der Waals surface area contributed by atoms with Crippen LogP contribution in [-0.2, 0) is 4.79 Å². The summed E-state index contributed by atoms with van der Waals surface area (Å²) in [5.74, 6) is 1.02. The van der Waals surface area contributed by atoms with Gasteiger partial charge in [-0.2, -0.15) is 0 Å². The number of para-hydroxylation sites is 1. The molecule has 0 spiro atoms. The fourth-order valence-electron chi connectivity index (χ4n) is 4.75. The lowest BCUT2D eigenvalue weighted by Gasteiger charge is -2.40. The molecule has 23 heavy (non-hydrogen) atoms.